The first-order valence-electron chi connectivity index (χ1n) is 3.46. The largest absolute Gasteiger partial charge is 0.326 e. The smallest absolute Gasteiger partial charge is 0.138 e. The van der Waals surface area contributed by atoms with Gasteiger partial charge in [0.1, 0.15) is 16.0 Å². The summed E-state index contributed by atoms with van der Waals surface area (Å²) in [5, 5.41) is 1.34. The van der Waals surface area contributed by atoms with Crippen LogP contribution < -0.4 is 5.73 Å². The Bertz CT molecular complexity index is 290. The molecule has 0 saturated heterocycles. The van der Waals surface area contributed by atoms with E-state index in [0.29, 0.717) is 17.5 Å². The van der Waals surface area contributed by atoms with Gasteiger partial charge in [-0.25, -0.2) is 9.97 Å². The first-order valence-corrected chi connectivity index (χ1v) is 5.06. The van der Waals surface area contributed by atoms with Crippen LogP contribution in [0.3, 0.4) is 0 Å². The van der Waals surface area contributed by atoms with Crippen LogP contribution in [0.15, 0.2) is 5.03 Å². The van der Waals surface area contributed by atoms with E-state index in [4.69, 9.17) is 17.3 Å². The van der Waals surface area contributed by atoms with E-state index in [-0.39, 0.29) is 0 Å². The lowest BCUT2D eigenvalue weighted by Gasteiger charge is -2.05. The number of aryl methyl sites for hydroxylation is 1. The van der Waals surface area contributed by atoms with Gasteiger partial charge in [0.15, 0.2) is 0 Å². The Labute approximate surface area is 80.7 Å². The summed E-state index contributed by atoms with van der Waals surface area (Å²) >= 11 is 7.40. The molecule has 3 nitrogen and oxygen atoms in total. The summed E-state index contributed by atoms with van der Waals surface area (Å²) < 4.78 is 0. The SMILES string of the molecule is CSc1nc(C)nc(Cl)c1CN. The first kappa shape index (κ1) is 9.77. The summed E-state index contributed by atoms with van der Waals surface area (Å²) in [7, 11) is 0. The van der Waals surface area contributed by atoms with Crippen molar-refractivity contribution in [1.82, 2.24) is 9.97 Å². The molecular weight excluding hydrogens is 194 g/mol. The lowest BCUT2D eigenvalue weighted by Crippen LogP contribution is -2.04. The zero-order chi connectivity index (χ0) is 9.14. The Hall–Kier alpha value is -0.320. The molecule has 0 unspecified atom stereocenters. The summed E-state index contributed by atoms with van der Waals surface area (Å²) in [5.41, 5.74) is 6.33. The molecule has 0 radical (unpaired) electrons. The lowest BCUT2D eigenvalue weighted by molar-refractivity contribution is 0.887. The van der Waals surface area contributed by atoms with Crippen LogP contribution in [0, 0.1) is 6.92 Å². The minimum atomic E-state index is 0.384. The molecule has 1 aromatic rings. The van der Waals surface area contributed by atoms with Gasteiger partial charge in [0.05, 0.1) is 0 Å². The minimum Gasteiger partial charge on any atom is -0.326 e. The molecule has 0 aromatic carbocycles. The Balaban J connectivity index is 3.24. The van der Waals surface area contributed by atoms with Gasteiger partial charge < -0.3 is 5.73 Å². The Morgan fingerprint density at radius 1 is 1.50 bits per heavy atom. The molecule has 0 spiro atoms. The van der Waals surface area contributed by atoms with E-state index < -0.39 is 0 Å². The molecule has 2 N–H and O–H groups in total. The first-order chi connectivity index (χ1) is 5.69. The van der Waals surface area contributed by atoms with Crippen LogP contribution in [-0.4, -0.2) is 16.2 Å². The molecule has 0 amide bonds. The molecule has 0 aliphatic heterocycles. The topological polar surface area (TPSA) is 51.8 Å². The molecule has 0 aliphatic carbocycles. The highest BCUT2D eigenvalue weighted by atomic mass is 35.5. The normalized spacial score (nSPS) is 10.3. The van der Waals surface area contributed by atoms with Crippen molar-refractivity contribution >= 4 is 23.4 Å². The average molecular weight is 204 g/mol. The van der Waals surface area contributed by atoms with Gasteiger partial charge >= 0.3 is 0 Å². The summed E-state index contributed by atoms with van der Waals surface area (Å²) in [4.78, 5) is 8.22. The van der Waals surface area contributed by atoms with Gasteiger partial charge in [0.25, 0.3) is 0 Å². The summed E-state index contributed by atoms with van der Waals surface area (Å²) in [6.45, 7) is 2.20. The van der Waals surface area contributed by atoms with E-state index in [0.717, 1.165) is 10.6 Å². The maximum Gasteiger partial charge on any atom is 0.138 e. The van der Waals surface area contributed by atoms with Gasteiger partial charge in [0, 0.05) is 12.1 Å². The predicted octanol–water partition coefficient (Wildman–Crippen LogP) is 1.62. The fourth-order valence-electron chi connectivity index (χ4n) is 0.878. The second kappa shape index (κ2) is 4.07. The zero-order valence-electron chi connectivity index (χ0n) is 6.97. The van der Waals surface area contributed by atoms with Crippen LogP contribution in [0.2, 0.25) is 5.15 Å². The molecule has 0 fully saturated rings. The van der Waals surface area contributed by atoms with Crippen LogP contribution in [0.4, 0.5) is 0 Å². The van der Waals surface area contributed by atoms with Crippen molar-refractivity contribution in [2.24, 2.45) is 5.73 Å². The fraction of sp³-hybridized carbons (Fsp3) is 0.429. The molecule has 1 heterocycles. The van der Waals surface area contributed by atoms with E-state index in [9.17, 15) is 0 Å². The second-order valence-electron chi connectivity index (χ2n) is 2.25. The second-order valence-corrected chi connectivity index (χ2v) is 3.41. The van der Waals surface area contributed by atoms with Crippen molar-refractivity contribution in [3.8, 4) is 0 Å². The predicted molar refractivity (Wildman–Crippen MR) is 51.5 cm³/mol. The summed E-state index contributed by atoms with van der Waals surface area (Å²) in [5.74, 6) is 0.682. The third-order valence-corrected chi connectivity index (χ3v) is 2.46. The third kappa shape index (κ3) is 1.88. The summed E-state index contributed by atoms with van der Waals surface area (Å²) in [6.07, 6.45) is 1.94. The number of nitrogens with two attached hydrogens (primary N) is 1. The molecule has 1 rings (SSSR count). The maximum absolute atomic E-state index is 5.87. The maximum atomic E-state index is 5.87. The van der Waals surface area contributed by atoms with Gasteiger partial charge in [-0.3, -0.25) is 0 Å². The Kier molecular flexibility index (Phi) is 3.31. The van der Waals surface area contributed by atoms with Crippen LogP contribution in [0.5, 0.6) is 0 Å². The lowest BCUT2D eigenvalue weighted by atomic mass is 10.3. The standard InChI is InChI=1S/C7H10ClN3S/c1-4-10-6(8)5(3-9)7(11-4)12-2/h3,9H2,1-2H3. The van der Waals surface area contributed by atoms with E-state index in [1.807, 2.05) is 13.2 Å². The van der Waals surface area contributed by atoms with Gasteiger partial charge in [-0.15, -0.1) is 11.8 Å². The zero-order valence-corrected chi connectivity index (χ0v) is 8.54. The van der Waals surface area contributed by atoms with Crippen LogP contribution >= 0.6 is 23.4 Å². The summed E-state index contributed by atoms with van der Waals surface area (Å²) in [6, 6.07) is 0. The van der Waals surface area contributed by atoms with Gasteiger partial charge in [-0.2, -0.15) is 0 Å². The molecule has 1 aromatic heterocycles. The number of thioether (sulfide) groups is 1. The van der Waals surface area contributed by atoms with E-state index >= 15 is 0 Å². The number of hydrogen-bond acceptors (Lipinski definition) is 4. The van der Waals surface area contributed by atoms with Gasteiger partial charge in [-0.05, 0) is 13.2 Å². The molecule has 0 aliphatic rings. The highest BCUT2D eigenvalue weighted by Crippen LogP contribution is 2.22. The van der Waals surface area contributed by atoms with Crippen molar-refractivity contribution in [3.63, 3.8) is 0 Å². The van der Waals surface area contributed by atoms with Crippen LogP contribution in [-0.2, 0) is 6.54 Å². The molecular formula is C7H10ClN3S. The third-order valence-electron chi connectivity index (χ3n) is 1.43. The van der Waals surface area contributed by atoms with Crippen LogP contribution in [0.1, 0.15) is 11.4 Å². The quantitative estimate of drug-likeness (QED) is 0.586. The van der Waals surface area contributed by atoms with E-state index in [1.54, 1.807) is 0 Å². The average Bonchev–Trinajstić information content (AvgIpc) is 2.03. The van der Waals surface area contributed by atoms with Crippen molar-refractivity contribution in [2.45, 2.75) is 18.5 Å². The van der Waals surface area contributed by atoms with Crippen molar-refractivity contribution in [1.29, 1.82) is 0 Å². The molecule has 0 bridgehead atoms. The van der Waals surface area contributed by atoms with Crippen molar-refractivity contribution in [3.05, 3.63) is 16.5 Å². The molecule has 0 atom stereocenters. The van der Waals surface area contributed by atoms with Crippen molar-refractivity contribution < 1.29 is 0 Å². The van der Waals surface area contributed by atoms with Gasteiger partial charge in [0.2, 0.25) is 0 Å². The van der Waals surface area contributed by atoms with E-state index in [2.05, 4.69) is 9.97 Å². The number of nitrogens with zero attached hydrogens (tertiary/aromatic N) is 2. The Morgan fingerprint density at radius 2 is 2.17 bits per heavy atom. The Morgan fingerprint density at radius 3 is 2.67 bits per heavy atom. The number of rotatable bonds is 2. The monoisotopic (exact) mass is 203 g/mol. The number of hydrogen-bond donors (Lipinski definition) is 1. The molecule has 12 heavy (non-hydrogen) atoms. The number of halogens is 1. The number of aromatic nitrogens is 2. The fourth-order valence-corrected chi connectivity index (χ4v) is 1.87. The molecule has 0 saturated carbocycles. The highest BCUT2D eigenvalue weighted by molar-refractivity contribution is 7.98. The minimum absolute atomic E-state index is 0.384. The van der Waals surface area contributed by atoms with Crippen molar-refractivity contribution in [2.75, 3.05) is 6.26 Å². The molecule has 5 heteroatoms. The highest BCUT2D eigenvalue weighted by Gasteiger charge is 2.08. The van der Waals surface area contributed by atoms with Gasteiger partial charge in [-0.1, -0.05) is 11.6 Å². The molecule has 66 valence electrons. The van der Waals surface area contributed by atoms with E-state index in [1.165, 1.54) is 11.8 Å². The van der Waals surface area contributed by atoms with Crippen LogP contribution in [0.25, 0.3) is 0 Å².